The van der Waals surface area contributed by atoms with Gasteiger partial charge in [0.15, 0.2) is 10.9 Å². The lowest BCUT2D eigenvalue weighted by Gasteiger charge is -2.08. The lowest BCUT2D eigenvalue weighted by Crippen LogP contribution is -1.97. The average Bonchev–Trinajstić information content (AvgIpc) is 2.30. The minimum atomic E-state index is -0.377. The Morgan fingerprint density at radius 2 is 2.06 bits per heavy atom. The summed E-state index contributed by atoms with van der Waals surface area (Å²) >= 11 is 11.7. The molecule has 1 heterocycles. The van der Waals surface area contributed by atoms with Gasteiger partial charge in [-0.15, -0.1) is 0 Å². The number of benzene rings is 1. The Hall–Kier alpha value is -1.32. The van der Waals surface area contributed by atoms with E-state index < -0.39 is 0 Å². The van der Waals surface area contributed by atoms with Gasteiger partial charge >= 0.3 is 0 Å². The van der Waals surface area contributed by atoms with Crippen molar-refractivity contribution in [3.63, 3.8) is 0 Å². The van der Waals surface area contributed by atoms with E-state index in [0.29, 0.717) is 16.3 Å². The van der Waals surface area contributed by atoms with Gasteiger partial charge in [0.25, 0.3) is 0 Å². The van der Waals surface area contributed by atoms with E-state index in [9.17, 15) is 4.39 Å². The average molecular weight is 272 g/mol. The molecule has 17 heavy (non-hydrogen) atoms. The van der Waals surface area contributed by atoms with Crippen LogP contribution in [0.2, 0.25) is 10.2 Å². The molecule has 0 aliphatic rings. The number of ether oxygens (including phenoxy) is 1. The molecule has 2 rings (SSSR count). The molecule has 0 fully saturated rings. The van der Waals surface area contributed by atoms with E-state index in [1.807, 2.05) is 0 Å². The summed E-state index contributed by atoms with van der Waals surface area (Å²) in [5.74, 6) is 0.0905. The minimum absolute atomic E-state index is 0.213. The van der Waals surface area contributed by atoms with Gasteiger partial charge in [0.1, 0.15) is 12.4 Å². The molecule has 0 saturated carbocycles. The third-order valence-electron chi connectivity index (χ3n) is 2.12. The van der Waals surface area contributed by atoms with Crippen LogP contribution in [0, 0.1) is 5.82 Å². The molecule has 2 aromatic rings. The molecule has 1 aromatic heterocycles. The van der Waals surface area contributed by atoms with Gasteiger partial charge in [0.2, 0.25) is 0 Å². The number of pyridine rings is 1. The van der Waals surface area contributed by atoms with Crippen LogP contribution in [0.5, 0.6) is 5.75 Å². The molecule has 0 aliphatic heterocycles. The van der Waals surface area contributed by atoms with Crippen molar-refractivity contribution in [3.05, 3.63) is 58.1 Å². The summed E-state index contributed by atoms with van der Waals surface area (Å²) in [4.78, 5) is 3.88. The lowest BCUT2D eigenvalue weighted by atomic mass is 10.2. The molecule has 0 spiro atoms. The highest BCUT2D eigenvalue weighted by Crippen LogP contribution is 2.23. The first kappa shape index (κ1) is 12.1. The molecule has 0 atom stereocenters. The van der Waals surface area contributed by atoms with Crippen molar-refractivity contribution < 1.29 is 9.13 Å². The van der Waals surface area contributed by atoms with Crippen molar-refractivity contribution in [1.29, 1.82) is 0 Å². The molecule has 0 unspecified atom stereocenters. The third kappa shape index (κ3) is 3.08. The lowest BCUT2D eigenvalue weighted by molar-refractivity contribution is 0.305. The largest absolute Gasteiger partial charge is 0.486 e. The number of hydrogen-bond acceptors (Lipinski definition) is 2. The topological polar surface area (TPSA) is 22.1 Å². The normalized spacial score (nSPS) is 10.3. The van der Waals surface area contributed by atoms with Crippen molar-refractivity contribution in [2.45, 2.75) is 6.61 Å². The van der Waals surface area contributed by atoms with Gasteiger partial charge in [0, 0.05) is 11.8 Å². The Morgan fingerprint density at radius 1 is 1.24 bits per heavy atom. The summed E-state index contributed by atoms with van der Waals surface area (Å²) in [6.07, 6.45) is 1.57. The highest BCUT2D eigenvalue weighted by Gasteiger charge is 2.05. The SMILES string of the molecule is Fc1ccc(COc2cccnc2Cl)c(Cl)c1. The fourth-order valence-corrected chi connectivity index (χ4v) is 1.67. The van der Waals surface area contributed by atoms with Crippen LogP contribution in [0.25, 0.3) is 0 Å². The first-order chi connectivity index (χ1) is 8.16. The summed E-state index contributed by atoms with van der Waals surface area (Å²) in [5.41, 5.74) is 0.688. The zero-order valence-electron chi connectivity index (χ0n) is 8.66. The molecule has 2 nitrogen and oxygen atoms in total. The number of halogens is 3. The Morgan fingerprint density at radius 3 is 2.76 bits per heavy atom. The highest BCUT2D eigenvalue weighted by atomic mass is 35.5. The van der Waals surface area contributed by atoms with Crippen LogP contribution in [0.3, 0.4) is 0 Å². The van der Waals surface area contributed by atoms with E-state index in [4.69, 9.17) is 27.9 Å². The summed E-state index contributed by atoms with van der Waals surface area (Å²) in [7, 11) is 0. The molecule has 1 aromatic carbocycles. The number of aromatic nitrogens is 1. The van der Waals surface area contributed by atoms with Crippen molar-refractivity contribution >= 4 is 23.2 Å². The molecular weight excluding hydrogens is 264 g/mol. The second-order valence-electron chi connectivity index (χ2n) is 3.32. The van der Waals surface area contributed by atoms with Crippen molar-refractivity contribution in [2.24, 2.45) is 0 Å². The zero-order chi connectivity index (χ0) is 12.3. The van der Waals surface area contributed by atoms with E-state index in [1.54, 1.807) is 24.4 Å². The van der Waals surface area contributed by atoms with E-state index in [-0.39, 0.29) is 17.6 Å². The maximum atomic E-state index is 12.8. The molecule has 0 amide bonds. The molecular formula is C12H8Cl2FNO. The predicted octanol–water partition coefficient (Wildman–Crippen LogP) is 4.11. The molecule has 0 saturated heterocycles. The molecule has 0 N–H and O–H groups in total. The fourth-order valence-electron chi connectivity index (χ4n) is 1.27. The second kappa shape index (κ2) is 5.34. The Bertz CT molecular complexity index is 534. The van der Waals surface area contributed by atoms with Gasteiger partial charge < -0.3 is 4.74 Å². The molecule has 88 valence electrons. The van der Waals surface area contributed by atoms with E-state index in [1.165, 1.54) is 12.1 Å². The monoisotopic (exact) mass is 271 g/mol. The Labute approximate surface area is 108 Å². The maximum Gasteiger partial charge on any atom is 0.171 e. The van der Waals surface area contributed by atoms with Gasteiger partial charge in [-0.05, 0) is 24.3 Å². The molecule has 0 radical (unpaired) electrons. The van der Waals surface area contributed by atoms with Gasteiger partial charge in [-0.3, -0.25) is 0 Å². The van der Waals surface area contributed by atoms with E-state index in [0.717, 1.165) is 0 Å². The maximum absolute atomic E-state index is 12.8. The van der Waals surface area contributed by atoms with E-state index in [2.05, 4.69) is 4.98 Å². The van der Waals surface area contributed by atoms with Crippen LogP contribution < -0.4 is 4.74 Å². The summed E-state index contributed by atoms with van der Waals surface area (Å²) in [6, 6.07) is 7.56. The quantitative estimate of drug-likeness (QED) is 0.784. The minimum Gasteiger partial charge on any atom is -0.486 e. The third-order valence-corrected chi connectivity index (χ3v) is 2.76. The Kier molecular flexibility index (Phi) is 3.82. The fraction of sp³-hybridized carbons (Fsp3) is 0.0833. The molecule has 0 bridgehead atoms. The predicted molar refractivity (Wildman–Crippen MR) is 65.0 cm³/mol. The van der Waals surface area contributed by atoms with Gasteiger partial charge in [0.05, 0.1) is 5.02 Å². The second-order valence-corrected chi connectivity index (χ2v) is 4.08. The van der Waals surface area contributed by atoms with Crippen LogP contribution in [0.1, 0.15) is 5.56 Å². The van der Waals surface area contributed by atoms with Crippen LogP contribution >= 0.6 is 23.2 Å². The van der Waals surface area contributed by atoms with Crippen molar-refractivity contribution in [1.82, 2.24) is 4.98 Å². The summed E-state index contributed by atoms with van der Waals surface area (Å²) < 4.78 is 18.3. The van der Waals surface area contributed by atoms with Crippen LogP contribution in [0.15, 0.2) is 36.5 Å². The van der Waals surface area contributed by atoms with Crippen LogP contribution in [0.4, 0.5) is 4.39 Å². The Balaban J connectivity index is 2.10. The first-order valence-corrected chi connectivity index (χ1v) is 5.59. The first-order valence-electron chi connectivity index (χ1n) is 4.84. The smallest absolute Gasteiger partial charge is 0.171 e. The molecule has 0 aliphatic carbocycles. The van der Waals surface area contributed by atoms with Crippen molar-refractivity contribution in [3.8, 4) is 5.75 Å². The number of nitrogens with zero attached hydrogens (tertiary/aromatic N) is 1. The van der Waals surface area contributed by atoms with Crippen LogP contribution in [-0.2, 0) is 6.61 Å². The van der Waals surface area contributed by atoms with Crippen LogP contribution in [-0.4, -0.2) is 4.98 Å². The van der Waals surface area contributed by atoms with Crippen molar-refractivity contribution in [2.75, 3.05) is 0 Å². The standard InChI is InChI=1S/C12H8Cl2FNO/c13-10-6-9(15)4-3-8(10)7-17-11-2-1-5-16-12(11)14/h1-6H,7H2. The van der Waals surface area contributed by atoms with Gasteiger partial charge in [-0.25, -0.2) is 9.37 Å². The number of rotatable bonds is 3. The summed E-state index contributed by atoms with van der Waals surface area (Å²) in [6.45, 7) is 0.213. The number of hydrogen-bond donors (Lipinski definition) is 0. The van der Waals surface area contributed by atoms with E-state index >= 15 is 0 Å². The zero-order valence-corrected chi connectivity index (χ0v) is 10.2. The summed E-state index contributed by atoms with van der Waals surface area (Å²) in [5, 5.41) is 0.607. The van der Waals surface area contributed by atoms with Gasteiger partial charge in [-0.1, -0.05) is 29.3 Å². The molecule has 5 heteroatoms. The highest BCUT2D eigenvalue weighted by molar-refractivity contribution is 6.31. The van der Waals surface area contributed by atoms with Gasteiger partial charge in [-0.2, -0.15) is 0 Å².